The lowest BCUT2D eigenvalue weighted by Crippen LogP contribution is -2.39. The van der Waals surface area contributed by atoms with Crippen LogP contribution in [0.25, 0.3) is 0 Å². The third-order valence-corrected chi connectivity index (χ3v) is 3.56. The number of carbonyl (C=O) groups is 1. The van der Waals surface area contributed by atoms with E-state index in [-0.39, 0.29) is 24.4 Å². The molecule has 0 saturated heterocycles. The maximum absolute atomic E-state index is 12.0. The zero-order valence-electron chi connectivity index (χ0n) is 13.0. The van der Waals surface area contributed by atoms with Gasteiger partial charge in [-0.05, 0) is 56.2 Å². The van der Waals surface area contributed by atoms with Crippen LogP contribution in [0.1, 0.15) is 19.8 Å². The molecule has 23 heavy (non-hydrogen) atoms. The van der Waals surface area contributed by atoms with Crippen molar-refractivity contribution in [3.63, 3.8) is 0 Å². The van der Waals surface area contributed by atoms with Gasteiger partial charge in [0.05, 0.1) is 6.04 Å². The first kappa shape index (κ1) is 17.3. The number of rotatable bonds is 6. The molecule has 1 aliphatic rings. The number of halogens is 1. The van der Waals surface area contributed by atoms with Crippen LogP contribution >= 0.6 is 12.4 Å². The van der Waals surface area contributed by atoms with Gasteiger partial charge in [-0.2, -0.15) is 0 Å². The van der Waals surface area contributed by atoms with E-state index in [1.807, 2.05) is 61.5 Å². The van der Waals surface area contributed by atoms with E-state index in [2.05, 4.69) is 10.6 Å². The number of para-hydroxylation sites is 1. The second kappa shape index (κ2) is 7.99. The van der Waals surface area contributed by atoms with E-state index in [4.69, 9.17) is 4.74 Å². The molecule has 1 atom stereocenters. The first-order chi connectivity index (χ1) is 10.7. The van der Waals surface area contributed by atoms with Crippen molar-refractivity contribution in [3.05, 3.63) is 54.6 Å². The summed E-state index contributed by atoms with van der Waals surface area (Å²) in [6.45, 7) is 1.89. The molecule has 2 N–H and O–H groups in total. The molecule has 1 saturated carbocycles. The Bertz CT molecular complexity index is 627. The van der Waals surface area contributed by atoms with Gasteiger partial charge in [0.2, 0.25) is 5.91 Å². The Balaban J connectivity index is 0.00000192. The van der Waals surface area contributed by atoms with Crippen LogP contribution in [-0.4, -0.2) is 18.0 Å². The minimum absolute atomic E-state index is 0. The summed E-state index contributed by atoms with van der Waals surface area (Å²) in [6, 6.07) is 17.3. The minimum atomic E-state index is -0.173. The fourth-order valence-corrected chi connectivity index (χ4v) is 2.16. The zero-order chi connectivity index (χ0) is 15.4. The third-order valence-electron chi connectivity index (χ3n) is 3.56. The molecule has 0 bridgehead atoms. The normalized spacial score (nSPS) is 14.5. The number of carbonyl (C=O) groups excluding carboxylic acids is 1. The highest BCUT2D eigenvalue weighted by atomic mass is 35.5. The van der Waals surface area contributed by atoms with Crippen LogP contribution in [0.15, 0.2) is 54.6 Å². The second-order valence-corrected chi connectivity index (χ2v) is 5.59. The summed E-state index contributed by atoms with van der Waals surface area (Å²) in [7, 11) is 0. The van der Waals surface area contributed by atoms with Crippen molar-refractivity contribution < 1.29 is 9.53 Å². The standard InChI is InChI=1S/C18H20N2O2.ClH/c1-13(19-14-7-8-14)18(21)20-15-9-11-17(12-10-15)22-16-5-3-2-4-6-16;/h2-6,9-14,19H,7-8H2,1H3,(H,20,21);1H. The number of amides is 1. The molecular weight excluding hydrogens is 312 g/mol. The smallest absolute Gasteiger partial charge is 0.241 e. The number of anilines is 1. The highest BCUT2D eigenvalue weighted by molar-refractivity contribution is 5.94. The lowest BCUT2D eigenvalue weighted by molar-refractivity contribution is -0.117. The van der Waals surface area contributed by atoms with Crippen molar-refractivity contribution in [1.29, 1.82) is 0 Å². The second-order valence-electron chi connectivity index (χ2n) is 5.59. The van der Waals surface area contributed by atoms with Crippen molar-refractivity contribution in [2.45, 2.75) is 31.8 Å². The van der Waals surface area contributed by atoms with E-state index >= 15 is 0 Å². The zero-order valence-corrected chi connectivity index (χ0v) is 13.8. The Morgan fingerprint density at radius 3 is 2.26 bits per heavy atom. The maximum Gasteiger partial charge on any atom is 0.241 e. The number of ether oxygens (including phenoxy) is 1. The predicted molar refractivity (Wildman–Crippen MR) is 94.5 cm³/mol. The summed E-state index contributed by atoms with van der Waals surface area (Å²) >= 11 is 0. The molecule has 1 fully saturated rings. The number of nitrogens with one attached hydrogen (secondary N) is 2. The maximum atomic E-state index is 12.0. The predicted octanol–water partition coefficient (Wildman–Crippen LogP) is 3.98. The fourth-order valence-electron chi connectivity index (χ4n) is 2.16. The average molecular weight is 333 g/mol. The Morgan fingerprint density at radius 1 is 1.04 bits per heavy atom. The molecular formula is C18H21ClN2O2. The van der Waals surface area contributed by atoms with Gasteiger partial charge in [-0.1, -0.05) is 18.2 Å². The molecule has 1 unspecified atom stereocenters. The van der Waals surface area contributed by atoms with Gasteiger partial charge in [0, 0.05) is 11.7 Å². The summed E-state index contributed by atoms with van der Waals surface area (Å²) in [5.41, 5.74) is 0.773. The molecule has 0 heterocycles. The summed E-state index contributed by atoms with van der Waals surface area (Å²) in [5, 5.41) is 6.19. The highest BCUT2D eigenvalue weighted by Crippen LogP contribution is 2.23. The molecule has 1 amide bonds. The molecule has 4 nitrogen and oxygen atoms in total. The van der Waals surface area contributed by atoms with Crippen molar-refractivity contribution in [1.82, 2.24) is 5.32 Å². The van der Waals surface area contributed by atoms with E-state index in [9.17, 15) is 4.79 Å². The highest BCUT2D eigenvalue weighted by Gasteiger charge is 2.25. The van der Waals surface area contributed by atoms with Crippen molar-refractivity contribution in [2.75, 3.05) is 5.32 Å². The van der Waals surface area contributed by atoms with Crippen LogP contribution in [0.2, 0.25) is 0 Å². The number of hydrogen-bond donors (Lipinski definition) is 2. The van der Waals surface area contributed by atoms with Crippen molar-refractivity contribution in [3.8, 4) is 11.5 Å². The monoisotopic (exact) mass is 332 g/mol. The molecule has 0 aliphatic heterocycles. The van der Waals surface area contributed by atoms with E-state index in [1.165, 1.54) is 12.8 Å². The lowest BCUT2D eigenvalue weighted by atomic mass is 10.2. The Labute approximate surface area is 142 Å². The number of hydrogen-bond acceptors (Lipinski definition) is 3. The molecule has 2 aromatic carbocycles. The first-order valence-corrected chi connectivity index (χ1v) is 7.60. The molecule has 0 radical (unpaired) electrons. The van der Waals surface area contributed by atoms with Gasteiger partial charge < -0.3 is 15.4 Å². The molecule has 122 valence electrons. The van der Waals surface area contributed by atoms with E-state index in [0.717, 1.165) is 17.2 Å². The Kier molecular flexibility index (Phi) is 6.02. The first-order valence-electron chi connectivity index (χ1n) is 7.60. The van der Waals surface area contributed by atoms with Crippen LogP contribution in [0.5, 0.6) is 11.5 Å². The van der Waals surface area contributed by atoms with Gasteiger partial charge in [0.25, 0.3) is 0 Å². The quantitative estimate of drug-likeness (QED) is 0.841. The minimum Gasteiger partial charge on any atom is -0.457 e. The van der Waals surface area contributed by atoms with Crippen LogP contribution in [0, 0.1) is 0 Å². The Hall–Kier alpha value is -2.04. The molecule has 0 aromatic heterocycles. The molecule has 5 heteroatoms. The van der Waals surface area contributed by atoms with Crippen LogP contribution in [0.3, 0.4) is 0 Å². The topological polar surface area (TPSA) is 50.4 Å². The van der Waals surface area contributed by atoms with Gasteiger partial charge in [0.1, 0.15) is 11.5 Å². The Morgan fingerprint density at radius 2 is 1.65 bits per heavy atom. The van der Waals surface area contributed by atoms with E-state index in [1.54, 1.807) is 0 Å². The summed E-state index contributed by atoms with van der Waals surface area (Å²) < 4.78 is 5.72. The van der Waals surface area contributed by atoms with Crippen LogP contribution in [0.4, 0.5) is 5.69 Å². The van der Waals surface area contributed by atoms with Crippen LogP contribution < -0.4 is 15.4 Å². The van der Waals surface area contributed by atoms with Gasteiger partial charge in [-0.15, -0.1) is 12.4 Å². The van der Waals surface area contributed by atoms with Gasteiger partial charge in [-0.25, -0.2) is 0 Å². The lowest BCUT2D eigenvalue weighted by Gasteiger charge is -2.13. The largest absolute Gasteiger partial charge is 0.457 e. The van der Waals surface area contributed by atoms with E-state index < -0.39 is 0 Å². The summed E-state index contributed by atoms with van der Waals surface area (Å²) in [4.78, 5) is 12.0. The third kappa shape index (κ3) is 5.27. The number of benzene rings is 2. The van der Waals surface area contributed by atoms with Crippen molar-refractivity contribution in [2.24, 2.45) is 0 Å². The van der Waals surface area contributed by atoms with Gasteiger partial charge in [0.15, 0.2) is 0 Å². The van der Waals surface area contributed by atoms with Crippen LogP contribution in [-0.2, 0) is 4.79 Å². The SMILES string of the molecule is CC(NC1CC1)C(=O)Nc1ccc(Oc2ccccc2)cc1.Cl. The van der Waals surface area contributed by atoms with Gasteiger partial charge in [-0.3, -0.25) is 4.79 Å². The molecule has 0 spiro atoms. The van der Waals surface area contributed by atoms with Crippen molar-refractivity contribution >= 4 is 24.0 Å². The fraction of sp³-hybridized carbons (Fsp3) is 0.278. The summed E-state index contributed by atoms with van der Waals surface area (Å²) in [6.07, 6.45) is 2.34. The molecule has 3 rings (SSSR count). The van der Waals surface area contributed by atoms with Gasteiger partial charge >= 0.3 is 0 Å². The summed E-state index contributed by atoms with van der Waals surface area (Å²) in [5.74, 6) is 1.53. The van der Waals surface area contributed by atoms with E-state index in [0.29, 0.717) is 6.04 Å². The average Bonchev–Trinajstić information content (AvgIpc) is 3.34. The molecule has 2 aromatic rings. The molecule has 1 aliphatic carbocycles.